The molecule has 2 aromatic rings. The molecule has 0 bridgehead atoms. The summed E-state index contributed by atoms with van der Waals surface area (Å²) < 4.78 is 39.7. The number of rotatable bonds is 7. The van der Waals surface area contributed by atoms with Crippen molar-refractivity contribution in [1.82, 2.24) is 25.2 Å². The van der Waals surface area contributed by atoms with Crippen LogP contribution in [0.15, 0.2) is 16.7 Å². The van der Waals surface area contributed by atoms with E-state index in [0.717, 1.165) is 4.90 Å². The molecule has 1 aliphatic heterocycles. The topological polar surface area (TPSA) is 102 Å². The van der Waals surface area contributed by atoms with Crippen molar-refractivity contribution in [2.75, 3.05) is 26.8 Å². The second-order valence-electron chi connectivity index (χ2n) is 7.05. The third-order valence-electron chi connectivity index (χ3n) is 4.67. The summed E-state index contributed by atoms with van der Waals surface area (Å²) in [5.41, 5.74) is 0.326. The Bertz CT molecular complexity index is 895. The number of alkyl halides is 2. The molecule has 0 saturated carbocycles. The molecule has 9 nitrogen and oxygen atoms in total. The van der Waals surface area contributed by atoms with Crippen molar-refractivity contribution in [2.45, 2.75) is 38.8 Å². The Morgan fingerprint density at radius 2 is 2.17 bits per heavy atom. The van der Waals surface area contributed by atoms with Crippen molar-refractivity contribution < 1.29 is 27.5 Å². The van der Waals surface area contributed by atoms with Crippen LogP contribution >= 0.6 is 0 Å². The number of methoxy groups -OCH3 is 1. The van der Waals surface area contributed by atoms with E-state index in [4.69, 9.17) is 9.15 Å². The van der Waals surface area contributed by atoms with Crippen molar-refractivity contribution in [3.8, 4) is 0 Å². The Hall–Kier alpha value is -2.82. The molecular weight excluding hydrogens is 388 g/mol. The van der Waals surface area contributed by atoms with Gasteiger partial charge in [-0.3, -0.25) is 9.59 Å². The number of likely N-dealkylation sites (tertiary alicyclic amines) is 1. The summed E-state index contributed by atoms with van der Waals surface area (Å²) in [5.74, 6) is -3.04. The van der Waals surface area contributed by atoms with Crippen molar-refractivity contribution in [2.24, 2.45) is 0 Å². The molecule has 0 unspecified atom stereocenters. The standard InChI is InChI=1S/C18H23F2N5O4/c1-11-6-14(12(2)29-11)17(27)25-10-18(19,20)7-13(25)8-24-9-15(22-23-24)16(26)21-4-5-28-3/h6,9,13H,4-5,7-8,10H2,1-3H3,(H,21,26)/t13-/m0/s1. The van der Waals surface area contributed by atoms with E-state index in [0.29, 0.717) is 24.7 Å². The summed E-state index contributed by atoms with van der Waals surface area (Å²) >= 11 is 0. The number of aryl methyl sites for hydroxylation is 2. The molecule has 1 fully saturated rings. The van der Waals surface area contributed by atoms with Crippen molar-refractivity contribution in [1.29, 1.82) is 0 Å². The lowest BCUT2D eigenvalue weighted by Crippen LogP contribution is -2.39. The Kier molecular flexibility index (Phi) is 5.96. The molecule has 2 aromatic heterocycles. The fourth-order valence-corrected chi connectivity index (χ4v) is 3.36. The largest absolute Gasteiger partial charge is 0.466 e. The molecule has 3 heterocycles. The molecule has 158 valence electrons. The van der Waals surface area contributed by atoms with Crippen LogP contribution in [0.1, 0.15) is 38.8 Å². The molecule has 0 aromatic carbocycles. The minimum atomic E-state index is -3.01. The molecular formula is C18H23F2N5O4. The number of amides is 2. The smallest absolute Gasteiger partial charge is 0.273 e. The van der Waals surface area contributed by atoms with Crippen LogP contribution in [-0.4, -0.2) is 70.5 Å². The van der Waals surface area contributed by atoms with Gasteiger partial charge in [0.15, 0.2) is 5.69 Å². The number of nitrogens with zero attached hydrogens (tertiary/aromatic N) is 4. The van der Waals surface area contributed by atoms with E-state index >= 15 is 0 Å². The van der Waals surface area contributed by atoms with Crippen molar-refractivity contribution >= 4 is 11.8 Å². The first kappa shape index (κ1) is 20.9. The number of ether oxygens (including phenoxy) is 1. The number of hydrogen-bond acceptors (Lipinski definition) is 6. The van der Waals surface area contributed by atoms with Crippen molar-refractivity contribution in [3.05, 3.63) is 35.0 Å². The highest BCUT2D eigenvalue weighted by atomic mass is 19.3. The van der Waals surface area contributed by atoms with Gasteiger partial charge in [0.05, 0.1) is 37.5 Å². The molecule has 1 aliphatic rings. The lowest BCUT2D eigenvalue weighted by Gasteiger charge is -2.23. The molecule has 0 spiro atoms. The van der Waals surface area contributed by atoms with Crippen molar-refractivity contribution in [3.63, 3.8) is 0 Å². The van der Waals surface area contributed by atoms with Crippen LogP contribution < -0.4 is 5.32 Å². The Labute approximate surface area is 166 Å². The van der Waals surface area contributed by atoms with Gasteiger partial charge in [0, 0.05) is 20.1 Å². The average molecular weight is 411 g/mol. The maximum absolute atomic E-state index is 14.1. The minimum absolute atomic E-state index is 0.00440. The van der Waals surface area contributed by atoms with Gasteiger partial charge >= 0.3 is 0 Å². The third-order valence-corrected chi connectivity index (χ3v) is 4.67. The number of carbonyl (C=O) groups excluding carboxylic acids is 2. The minimum Gasteiger partial charge on any atom is -0.466 e. The average Bonchev–Trinajstić information content (AvgIpc) is 3.32. The first-order valence-electron chi connectivity index (χ1n) is 9.13. The van der Waals surface area contributed by atoms with Crippen LogP contribution in [0.3, 0.4) is 0 Å². The second-order valence-corrected chi connectivity index (χ2v) is 7.05. The predicted octanol–water partition coefficient (Wildman–Crippen LogP) is 1.41. The monoisotopic (exact) mass is 411 g/mol. The molecule has 11 heteroatoms. The summed E-state index contributed by atoms with van der Waals surface area (Å²) in [5, 5.41) is 10.2. The van der Waals surface area contributed by atoms with Crippen LogP contribution in [-0.2, 0) is 11.3 Å². The number of halogens is 2. The van der Waals surface area contributed by atoms with Crippen LogP contribution in [0.2, 0.25) is 0 Å². The second kappa shape index (κ2) is 8.27. The molecule has 1 N–H and O–H groups in total. The molecule has 29 heavy (non-hydrogen) atoms. The zero-order valence-corrected chi connectivity index (χ0v) is 16.4. The van der Waals surface area contributed by atoms with Gasteiger partial charge in [0.25, 0.3) is 17.7 Å². The van der Waals surface area contributed by atoms with Crippen LogP contribution in [0.4, 0.5) is 8.78 Å². The highest BCUT2D eigenvalue weighted by Crippen LogP contribution is 2.34. The van der Waals surface area contributed by atoms with Gasteiger partial charge in [0.2, 0.25) is 0 Å². The van der Waals surface area contributed by atoms with Crippen LogP contribution in [0.5, 0.6) is 0 Å². The summed E-state index contributed by atoms with van der Waals surface area (Å²) in [4.78, 5) is 26.0. The van der Waals surface area contributed by atoms with Gasteiger partial charge in [-0.25, -0.2) is 13.5 Å². The number of aromatic nitrogens is 3. The fourth-order valence-electron chi connectivity index (χ4n) is 3.36. The summed E-state index contributed by atoms with van der Waals surface area (Å²) in [7, 11) is 1.51. The Balaban J connectivity index is 1.72. The van der Waals surface area contributed by atoms with E-state index in [9.17, 15) is 18.4 Å². The van der Waals surface area contributed by atoms with Gasteiger partial charge in [-0.2, -0.15) is 0 Å². The molecule has 1 saturated heterocycles. The molecule has 0 radical (unpaired) electrons. The van der Waals surface area contributed by atoms with Gasteiger partial charge in [-0.05, 0) is 19.9 Å². The fraction of sp³-hybridized carbons (Fsp3) is 0.556. The zero-order valence-electron chi connectivity index (χ0n) is 16.4. The molecule has 0 aliphatic carbocycles. The normalized spacial score (nSPS) is 18.2. The molecule has 3 rings (SSSR count). The van der Waals surface area contributed by atoms with E-state index in [1.165, 1.54) is 18.0 Å². The number of hydrogen-bond donors (Lipinski definition) is 1. The number of carbonyl (C=O) groups is 2. The maximum Gasteiger partial charge on any atom is 0.273 e. The first-order chi connectivity index (χ1) is 13.7. The van der Waals surface area contributed by atoms with Gasteiger partial charge in [-0.15, -0.1) is 5.10 Å². The Morgan fingerprint density at radius 1 is 1.41 bits per heavy atom. The van der Waals surface area contributed by atoms with Crippen LogP contribution in [0, 0.1) is 13.8 Å². The van der Waals surface area contributed by atoms with Gasteiger partial charge < -0.3 is 19.4 Å². The quantitative estimate of drug-likeness (QED) is 0.692. The highest BCUT2D eigenvalue weighted by molar-refractivity contribution is 5.95. The third kappa shape index (κ3) is 4.78. The summed E-state index contributed by atoms with van der Waals surface area (Å²) in [6.45, 7) is 3.28. The predicted molar refractivity (Wildman–Crippen MR) is 96.8 cm³/mol. The lowest BCUT2D eigenvalue weighted by molar-refractivity contribution is 0.0117. The zero-order chi connectivity index (χ0) is 21.2. The first-order valence-corrected chi connectivity index (χ1v) is 9.13. The van der Waals surface area contributed by atoms with E-state index < -0.39 is 36.7 Å². The van der Waals surface area contributed by atoms with E-state index in [1.54, 1.807) is 19.9 Å². The summed E-state index contributed by atoms with van der Waals surface area (Å²) in [6, 6.07) is 0.751. The molecule has 2 amide bonds. The molecule has 1 atom stereocenters. The number of furan rings is 1. The Morgan fingerprint density at radius 3 is 2.83 bits per heavy atom. The van der Waals surface area contributed by atoms with E-state index in [2.05, 4.69) is 15.6 Å². The van der Waals surface area contributed by atoms with E-state index in [-0.39, 0.29) is 17.8 Å². The van der Waals surface area contributed by atoms with Gasteiger partial charge in [-0.1, -0.05) is 5.21 Å². The SMILES string of the molecule is COCCNC(=O)c1cn(C[C@@H]2CC(F)(F)CN2C(=O)c2cc(C)oc2C)nn1. The highest BCUT2D eigenvalue weighted by Gasteiger charge is 2.47. The maximum atomic E-state index is 14.1. The summed E-state index contributed by atoms with van der Waals surface area (Å²) in [6.07, 6.45) is 0.873. The lowest BCUT2D eigenvalue weighted by atomic mass is 10.1. The van der Waals surface area contributed by atoms with Gasteiger partial charge in [0.1, 0.15) is 11.5 Å². The number of nitrogens with one attached hydrogen (secondary N) is 1. The van der Waals surface area contributed by atoms with Crippen LogP contribution in [0.25, 0.3) is 0 Å². The van der Waals surface area contributed by atoms with E-state index in [1.807, 2.05) is 0 Å².